The number of hydrogen-bond acceptors (Lipinski definition) is 4. The molecule has 0 spiro atoms. The molecule has 0 aromatic carbocycles. The number of carbonyl (C=O) groups excluding carboxylic acids is 2. The average molecular weight is 253 g/mol. The molecule has 3 N–H and O–H groups in total. The highest BCUT2D eigenvalue weighted by molar-refractivity contribution is 5.96. The fourth-order valence-corrected chi connectivity index (χ4v) is 0.895. The number of imide groups is 1. The molecular formula is C9H17F2N3O3. The van der Waals surface area contributed by atoms with Crippen LogP contribution in [0.4, 0.5) is 13.6 Å². The molecule has 6 nitrogen and oxygen atoms in total. The Labute approximate surface area is 98.1 Å². The van der Waals surface area contributed by atoms with Crippen LogP contribution in [0.1, 0.15) is 6.92 Å². The van der Waals surface area contributed by atoms with Gasteiger partial charge < -0.3 is 15.4 Å². The van der Waals surface area contributed by atoms with Crippen molar-refractivity contribution in [3.05, 3.63) is 0 Å². The predicted molar refractivity (Wildman–Crippen MR) is 56.9 cm³/mol. The maximum atomic E-state index is 11.7. The van der Waals surface area contributed by atoms with E-state index in [-0.39, 0.29) is 13.2 Å². The normalized spacial score (nSPS) is 12.3. The van der Waals surface area contributed by atoms with Crippen LogP contribution in [0.15, 0.2) is 0 Å². The van der Waals surface area contributed by atoms with Gasteiger partial charge in [0.25, 0.3) is 6.43 Å². The number of amides is 3. The van der Waals surface area contributed by atoms with Crippen LogP contribution in [0.5, 0.6) is 0 Å². The minimum Gasteiger partial charge on any atom is -0.374 e. The van der Waals surface area contributed by atoms with E-state index < -0.39 is 31.0 Å². The fraction of sp³-hybridized carbons (Fsp3) is 0.778. The summed E-state index contributed by atoms with van der Waals surface area (Å²) in [6.45, 7) is 1.24. The third-order valence-electron chi connectivity index (χ3n) is 1.80. The van der Waals surface area contributed by atoms with Crippen LogP contribution < -0.4 is 16.0 Å². The number of urea groups is 1. The lowest BCUT2D eigenvalue weighted by Crippen LogP contribution is -2.47. The van der Waals surface area contributed by atoms with Gasteiger partial charge in [-0.15, -0.1) is 0 Å². The second kappa shape index (κ2) is 8.82. The summed E-state index contributed by atoms with van der Waals surface area (Å²) in [5.74, 6) is -0.502. The third kappa shape index (κ3) is 8.52. The van der Waals surface area contributed by atoms with E-state index >= 15 is 0 Å². The van der Waals surface area contributed by atoms with E-state index in [0.29, 0.717) is 0 Å². The highest BCUT2D eigenvalue weighted by Gasteiger charge is 2.13. The van der Waals surface area contributed by atoms with Crippen LogP contribution in [0.2, 0.25) is 0 Å². The first-order chi connectivity index (χ1) is 7.97. The highest BCUT2D eigenvalue weighted by Crippen LogP contribution is 1.91. The van der Waals surface area contributed by atoms with E-state index in [1.165, 1.54) is 7.05 Å². The van der Waals surface area contributed by atoms with Crippen LogP contribution in [0.3, 0.4) is 0 Å². The zero-order valence-electron chi connectivity index (χ0n) is 9.76. The van der Waals surface area contributed by atoms with Gasteiger partial charge in [-0.3, -0.25) is 10.1 Å². The number of halogens is 2. The Bertz CT molecular complexity index is 252. The molecule has 0 rings (SSSR count). The lowest BCUT2D eigenvalue weighted by molar-refractivity contribution is -0.121. The first-order valence-corrected chi connectivity index (χ1v) is 5.09. The summed E-state index contributed by atoms with van der Waals surface area (Å²) in [5, 5.41) is 7.03. The van der Waals surface area contributed by atoms with Crippen molar-refractivity contribution in [2.24, 2.45) is 0 Å². The number of hydrogen-bond donors (Lipinski definition) is 3. The van der Waals surface area contributed by atoms with Gasteiger partial charge >= 0.3 is 6.03 Å². The Morgan fingerprint density at radius 3 is 2.53 bits per heavy atom. The molecule has 0 aliphatic heterocycles. The molecular weight excluding hydrogens is 236 g/mol. The Morgan fingerprint density at radius 1 is 1.35 bits per heavy atom. The smallest absolute Gasteiger partial charge is 0.321 e. The molecule has 0 saturated heterocycles. The lowest BCUT2D eigenvalue weighted by atomic mass is 10.3. The molecule has 0 heterocycles. The maximum absolute atomic E-state index is 11.7. The van der Waals surface area contributed by atoms with Crippen molar-refractivity contribution in [2.45, 2.75) is 19.4 Å². The van der Waals surface area contributed by atoms with Gasteiger partial charge in [0.1, 0.15) is 6.61 Å². The Morgan fingerprint density at radius 2 is 2.00 bits per heavy atom. The maximum Gasteiger partial charge on any atom is 0.321 e. The minimum absolute atomic E-state index is 0.0714. The third-order valence-corrected chi connectivity index (χ3v) is 1.80. The van der Waals surface area contributed by atoms with Crippen LogP contribution in [-0.4, -0.2) is 51.2 Å². The number of ether oxygens (including phenoxy) is 1. The van der Waals surface area contributed by atoms with Crippen LogP contribution in [0.25, 0.3) is 0 Å². The first-order valence-electron chi connectivity index (χ1n) is 5.09. The van der Waals surface area contributed by atoms with E-state index in [1.54, 1.807) is 6.92 Å². The van der Waals surface area contributed by atoms with Crippen LogP contribution in [0, 0.1) is 0 Å². The van der Waals surface area contributed by atoms with Crippen LogP contribution >= 0.6 is 0 Å². The predicted octanol–water partition coefficient (Wildman–Crippen LogP) is -0.298. The van der Waals surface area contributed by atoms with Crippen molar-refractivity contribution in [2.75, 3.05) is 26.8 Å². The van der Waals surface area contributed by atoms with E-state index in [4.69, 9.17) is 0 Å². The second-order valence-electron chi connectivity index (χ2n) is 3.21. The lowest BCUT2D eigenvalue weighted by Gasteiger charge is -2.13. The zero-order chi connectivity index (χ0) is 13.3. The molecule has 0 bridgehead atoms. The van der Waals surface area contributed by atoms with Gasteiger partial charge in [-0.1, -0.05) is 0 Å². The van der Waals surface area contributed by atoms with Crippen LogP contribution in [-0.2, 0) is 9.53 Å². The number of rotatable bonds is 7. The van der Waals surface area contributed by atoms with Gasteiger partial charge in [-0.2, -0.15) is 0 Å². The quantitative estimate of drug-likeness (QED) is 0.544. The van der Waals surface area contributed by atoms with Gasteiger partial charge in [-0.25, -0.2) is 13.6 Å². The van der Waals surface area contributed by atoms with Crippen molar-refractivity contribution < 1.29 is 23.1 Å². The van der Waals surface area contributed by atoms with E-state index in [0.717, 1.165) is 0 Å². The summed E-state index contributed by atoms with van der Waals surface area (Å²) in [6.07, 6.45) is -2.50. The molecule has 0 aromatic heterocycles. The summed E-state index contributed by atoms with van der Waals surface area (Å²) in [5.41, 5.74) is 0. The zero-order valence-corrected chi connectivity index (χ0v) is 9.76. The largest absolute Gasteiger partial charge is 0.374 e. The average Bonchev–Trinajstić information content (AvgIpc) is 2.27. The van der Waals surface area contributed by atoms with Gasteiger partial charge in [0.05, 0.1) is 12.6 Å². The van der Waals surface area contributed by atoms with E-state index in [2.05, 4.69) is 20.7 Å². The summed E-state index contributed by atoms with van der Waals surface area (Å²) < 4.78 is 28.0. The van der Waals surface area contributed by atoms with Gasteiger partial charge in [0.2, 0.25) is 5.91 Å². The second-order valence-corrected chi connectivity index (χ2v) is 3.21. The fourth-order valence-electron chi connectivity index (χ4n) is 0.895. The summed E-state index contributed by atoms with van der Waals surface area (Å²) in [7, 11) is 1.39. The van der Waals surface area contributed by atoms with Gasteiger partial charge in [0.15, 0.2) is 0 Å². The van der Waals surface area contributed by atoms with Gasteiger partial charge in [-0.05, 0) is 6.92 Å². The number of carbonyl (C=O) groups is 2. The molecule has 8 heteroatoms. The molecule has 3 amide bonds. The number of nitrogens with one attached hydrogen (secondary N) is 3. The molecule has 0 fully saturated rings. The molecule has 1 atom stereocenters. The highest BCUT2D eigenvalue weighted by atomic mass is 19.3. The van der Waals surface area contributed by atoms with Crippen molar-refractivity contribution in [1.29, 1.82) is 0 Å². The standard InChI is InChI=1S/C9H17F2N3O3/c1-6(8(15)14-9(16)12-2)13-3-4-17-5-7(10)11/h6-7,13H,3-5H2,1-2H3,(H2,12,14,15,16). The molecule has 0 aromatic rings. The van der Waals surface area contributed by atoms with Crippen molar-refractivity contribution in [3.8, 4) is 0 Å². The topological polar surface area (TPSA) is 79.5 Å². The SMILES string of the molecule is CNC(=O)NC(=O)C(C)NCCOCC(F)F. The molecule has 0 radical (unpaired) electrons. The molecule has 0 aliphatic carbocycles. The molecule has 0 aliphatic rings. The first kappa shape index (κ1) is 15.7. The van der Waals surface area contributed by atoms with Gasteiger partial charge in [0, 0.05) is 13.6 Å². The summed E-state index contributed by atoms with van der Waals surface area (Å²) in [6, 6.07) is -1.21. The minimum atomic E-state index is -2.50. The monoisotopic (exact) mass is 253 g/mol. The number of alkyl halides is 2. The Kier molecular flexibility index (Phi) is 8.16. The molecule has 17 heavy (non-hydrogen) atoms. The summed E-state index contributed by atoms with van der Waals surface area (Å²) >= 11 is 0. The molecule has 0 saturated carbocycles. The van der Waals surface area contributed by atoms with Crippen molar-refractivity contribution in [1.82, 2.24) is 16.0 Å². The molecule has 1 unspecified atom stereocenters. The Balaban J connectivity index is 3.60. The summed E-state index contributed by atoms with van der Waals surface area (Å²) in [4.78, 5) is 22.1. The Hall–Kier alpha value is -1.28. The van der Waals surface area contributed by atoms with E-state index in [1.807, 2.05) is 0 Å². The van der Waals surface area contributed by atoms with Crippen molar-refractivity contribution >= 4 is 11.9 Å². The van der Waals surface area contributed by atoms with E-state index in [9.17, 15) is 18.4 Å². The van der Waals surface area contributed by atoms with Crippen molar-refractivity contribution in [3.63, 3.8) is 0 Å². The molecule has 100 valence electrons.